The summed E-state index contributed by atoms with van der Waals surface area (Å²) in [7, 11) is 1.66. The fraction of sp³-hybridized carbons (Fsp3) is 0.227. The average Bonchev–Trinajstić information content (AvgIpc) is 2.82. The number of nitrogens with one attached hydrogen (secondary N) is 2. The molecule has 1 saturated heterocycles. The number of rotatable bonds is 5. The zero-order valence-corrected chi connectivity index (χ0v) is 17.9. The molecule has 0 atom stereocenters. The smallest absolute Gasteiger partial charge is 0.323 e. The Hall–Kier alpha value is -4.25. The van der Waals surface area contributed by atoms with E-state index in [1.807, 2.05) is 4.90 Å². The van der Waals surface area contributed by atoms with Gasteiger partial charge in [0.05, 0.1) is 18.1 Å². The SMILES string of the molecule is Cn1c(-c2ccc(NC(=O)Nc3ccc([N+](=O)[O-])cc3)cc2)nc(N2CCOCC2)cc1=O. The van der Waals surface area contributed by atoms with Gasteiger partial charge in [0.1, 0.15) is 11.6 Å². The molecule has 170 valence electrons. The van der Waals surface area contributed by atoms with Crippen LogP contribution in [-0.2, 0) is 11.8 Å². The molecule has 1 aromatic heterocycles. The van der Waals surface area contributed by atoms with Gasteiger partial charge < -0.3 is 20.3 Å². The van der Waals surface area contributed by atoms with Crippen LogP contribution < -0.4 is 21.1 Å². The first-order valence-electron chi connectivity index (χ1n) is 10.2. The van der Waals surface area contributed by atoms with Crippen LogP contribution in [0.15, 0.2) is 59.4 Å². The van der Waals surface area contributed by atoms with Crippen molar-refractivity contribution in [3.8, 4) is 11.4 Å². The number of urea groups is 1. The standard InChI is InChI=1S/C22H22N6O5/c1-26-20(29)14-19(27-10-12-33-13-11-27)25-21(26)15-2-4-16(5-3-15)23-22(30)24-17-6-8-18(9-7-17)28(31)32/h2-9,14H,10-13H2,1H3,(H2,23,24,30). The lowest BCUT2D eigenvalue weighted by Gasteiger charge is -2.28. The zero-order chi connectivity index (χ0) is 23.4. The number of aromatic nitrogens is 2. The van der Waals surface area contributed by atoms with Crippen LogP contribution >= 0.6 is 0 Å². The van der Waals surface area contributed by atoms with E-state index in [9.17, 15) is 19.7 Å². The quantitative estimate of drug-likeness (QED) is 0.451. The number of ether oxygens (including phenoxy) is 1. The fourth-order valence-electron chi connectivity index (χ4n) is 3.40. The number of benzene rings is 2. The summed E-state index contributed by atoms with van der Waals surface area (Å²) in [6.07, 6.45) is 0. The van der Waals surface area contributed by atoms with Crippen LogP contribution in [0.5, 0.6) is 0 Å². The van der Waals surface area contributed by atoms with Gasteiger partial charge in [0.15, 0.2) is 0 Å². The molecule has 0 unspecified atom stereocenters. The zero-order valence-electron chi connectivity index (χ0n) is 17.9. The van der Waals surface area contributed by atoms with Crippen molar-refractivity contribution in [1.29, 1.82) is 0 Å². The van der Waals surface area contributed by atoms with Crippen LogP contribution in [0.1, 0.15) is 0 Å². The summed E-state index contributed by atoms with van der Waals surface area (Å²) in [5.41, 5.74) is 1.47. The molecule has 33 heavy (non-hydrogen) atoms. The molecule has 11 heteroatoms. The summed E-state index contributed by atoms with van der Waals surface area (Å²) in [5.74, 6) is 1.13. The first-order valence-corrected chi connectivity index (χ1v) is 10.2. The first-order chi connectivity index (χ1) is 15.9. The molecule has 0 spiro atoms. The Balaban J connectivity index is 1.46. The third kappa shape index (κ3) is 5.15. The number of nitrogens with zero attached hydrogens (tertiary/aromatic N) is 4. The molecule has 2 amide bonds. The molecule has 2 N–H and O–H groups in total. The number of hydrogen-bond donors (Lipinski definition) is 2. The van der Waals surface area contributed by atoms with Crippen molar-refractivity contribution in [2.24, 2.45) is 7.05 Å². The van der Waals surface area contributed by atoms with E-state index in [0.29, 0.717) is 49.3 Å². The predicted molar refractivity (Wildman–Crippen MR) is 124 cm³/mol. The molecule has 2 heterocycles. The Labute approximate surface area is 188 Å². The van der Waals surface area contributed by atoms with E-state index in [-0.39, 0.29) is 11.2 Å². The lowest BCUT2D eigenvalue weighted by Crippen LogP contribution is -2.38. The number of morpholine rings is 1. The fourth-order valence-corrected chi connectivity index (χ4v) is 3.40. The van der Waals surface area contributed by atoms with E-state index in [4.69, 9.17) is 4.74 Å². The molecular formula is C22H22N6O5. The Morgan fingerprint density at radius 3 is 2.18 bits per heavy atom. The highest BCUT2D eigenvalue weighted by Crippen LogP contribution is 2.22. The Morgan fingerprint density at radius 1 is 1.03 bits per heavy atom. The van der Waals surface area contributed by atoms with E-state index in [0.717, 1.165) is 5.56 Å². The van der Waals surface area contributed by atoms with Crippen molar-refractivity contribution in [1.82, 2.24) is 9.55 Å². The van der Waals surface area contributed by atoms with Gasteiger partial charge in [-0.3, -0.25) is 19.5 Å². The third-order valence-electron chi connectivity index (χ3n) is 5.19. The molecule has 11 nitrogen and oxygen atoms in total. The molecule has 0 bridgehead atoms. The van der Waals surface area contributed by atoms with Gasteiger partial charge in [-0.1, -0.05) is 0 Å². The maximum atomic E-state index is 12.5. The van der Waals surface area contributed by atoms with Gasteiger partial charge >= 0.3 is 6.03 Å². The second kappa shape index (κ2) is 9.49. The summed E-state index contributed by atoms with van der Waals surface area (Å²) in [5, 5.41) is 16.0. The van der Waals surface area contributed by atoms with Gasteiger partial charge in [0, 0.05) is 55.3 Å². The maximum Gasteiger partial charge on any atom is 0.323 e. The minimum atomic E-state index is -0.507. The molecule has 3 aromatic rings. The minimum Gasteiger partial charge on any atom is -0.378 e. The maximum absolute atomic E-state index is 12.5. The largest absolute Gasteiger partial charge is 0.378 e. The molecule has 2 aromatic carbocycles. The summed E-state index contributed by atoms with van der Waals surface area (Å²) >= 11 is 0. The van der Waals surface area contributed by atoms with Gasteiger partial charge in [-0.25, -0.2) is 9.78 Å². The monoisotopic (exact) mass is 450 g/mol. The number of non-ortho nitro benzene ring substituents is 1. The average molecular weight is 450 g/mol. The Morgan fingerprint density at radius 2 is 1.61 bits per heavy atom. The van der Waals surface area contributed by atoms with Gasteiger partial charge in [-0.2, -0.15) is 0 Å². The number of hydrogen-bond acceptors (Lipinski definition) is 7. The number of nitro benzene ring substituents is 1. The van der Waals surface area contributed by atoms with Crippen molar-refractivity contribution in [2.45, 2.75) is 0 Å². The summed E-state index contributed by atoms with van der Waals surface area (Å²) in [6.45, 7) is 2.53. The van der Waals surface area contributed by atoms with E-state index >= 15 is 0 Å². The molecule has 0 radical (unpaired) electrons. The van der Waals surface area contributed by atoms with E-state index in [1.165, 1.54) is 34.9 Å². The van der Waals surface area contributed by atoms with Gasteiger partial charge in [0.25, 0.3) is 11.2 Å². The third-order valence-corrected chi connectivity index (χ3v) is 5.19. The molecule has 1 fully saturated rings. The number of anilines is 3. The van der Waals surface area contributed by atoms with Gasteiger partial charge in [0.2, 0.25) is 0 Å². The van der Waals surface area contributed by atoms with Gasteiger partial charge in [-0.05, 0) is 36.4 Å². The molecule has 0 saturated carbocycles. The Kier molecular flexibility index (Phi) is 6.31. The lowest BCUT2D eigenvalue weighted by molar-refractivity contribution is -0.384. The first kappa shape index (κ1) is 22.0. The number of carbonyl (C=O) groups is 1. The van der Waals surface area contributed by atoms with E-state index in [1.54, 1.807) is 31.3 Å². The lowest BCUT2D eigenvalue weighted by atomic mass is 10.2. The number of nitro groups is 1. The van der Waals surface area contributed by atoms with Crippen molar-refractivity contribution in [2.75, 3.05) is 41.8 Å². The molecule has 0 aliphatic carbocycles. The van der Waals surface area contributed by atoms with Crippen LogP contribution in [0, 0.1) is 10.1 Å². The van der Waals surface area contributed by atoms with Crippen molar-refractivity contribution < 1.29 is 14.5 Å². The van der Waals surface area contributed by atoms with E-state index in [2.05, 4.69) is 15.6 Å². The summed E-state index contributed by atoms with van der Waals surface area (Å²) < 4.78 is 6.85. The number of carbonyl (C=O) groups excluding carboxylic acids is 1. The summed E-state index contributed by atoms with van der Waals surface area (Å²) in [6, 6.07) is 13.5. The molecule has 1 aliphatic heterocycles. The van der Waals surface area contributed by atoms with Crippen LogP contribution in [0.2, 0.25) is 0 Å². The molecule has 4 rings (SSSR count). The second-order valence-corrected chi connectivity index (χ2v) is 7.40. The second-order valence-electron chi connectivity index (χ2n) is 7.40. The highest BCUT2D eigenvalue weighted by atomic mass is 16.6. The number of amides is 2. The molecular weight excluding hydrogens is 428 g/mol. The minimum absolute atomic E-state index is 0.0581. The van der Waals surface area contributed by atoms with Crippen molar-refractivity contribution in [3.05, 3.63) is 75.1 Å². The predicted octanol–water partition coefficient (Wildman–Crippen LogP) is 2.84. The Bertz CT molecular complexity index is 1220. The van der Waals surface area contributed by atoms with Crippen LogP contribution in [0.3, 0.4) is 0 Å². The normalized spacial score (nSPS) is 13.4. The van der Waals surface area contributed by atoms with Crippen molar-refractivity contribution in [3.63, 3.8) is 0 Å². The topological polar surface area (TPSA) is 132 Å². The van der Waals surface area contributed by atoms with Crippen LogP contribution in [0.25, 0.3) is 11.4 Å². The highest BCUT2D eigenvalue weighted by Gasteiger charge is 2.16. The van der Waals surface area contributed by atoms with E-state index < -0.39 is 11.0 Å². The van der Waals surface area contributed by atoms with Crippen LogP contribution in [0.4, 0.5) is 27.7 Å². The highest BCUT2D eigenvalue weighted by molar-refractivity contribution is 5.99. The molecule has 1 aliphatic rings. The van der Waals surface area contributed by atoms with Crippen molar-refractivity contribution >= 4 is 28.9 Å². The van der Waals surface area contributed by atoms with Gasteiger partial charge in [-0.15, -0.1) is 0 Å². The summed E-state index contributed by atoms with van der Waals surface area (Å²) in [4.78, 5) is 41.6. The van der Waals surface area contributed by atoms with Crippen LogP contribution in [-0.4, -0.2) is 46.8 Å².